The quantitative estimate of drug-likeness (QED) is 0.832. The van der Waals surface area contributed by atoms with Gasteiger partial charge in [-0.15, -0.1) is 0 Å². The van der Waals surface area contributed by atoms with Crippen molar-refractivity contribution < 1.29 is 9.90 Å². The van der Waals surface area contributed by atoms with E-state index in [9.17, 15) is 4.79 Å². The Morgan fingerprint density at radius 3 is 3.12 bits per heavy atom. The van der Waals surface area contributed by atoms with Gasteiger partial charge in [-0.2, -0.15) is 5.26 Å². The summed E-state index contributed by atoms with van der Waals surface area (Å²) < 4.78 is 0. The molecular formula is C12H13N3O2. The predicted octanol–water partition coefficient (Wildman–Crippen LogP) is 1.40. The van der Waals surface area contributed by atoms with E-state index in [0.717, 1.165) is 12.8 Å². The number of piperidine rings is 1. The van der Waals surface area contributed by atoms with Crippen LogP contribution >= 0.6 is 0 Å². The summed E-state index contributed by atoms with van der Waals surface area (Å²) >= 11 is 0. The summed E-state index contributed by atoms with van der Waals surface area (Å²) in [5.74, 6) is -0.245. The number of pyridine rings is 1. The van der Waals surface area contributed by atoms with Crippen LogP contribution in [0.25, 0.3) is 0 Å². The van der Waals surface area contributed by atoms with Gasteiger partial charge >= 0.3 is 5.97 Å². The molecule has 17 heavy (non-hydrogen) atoms. The van der Waals surface area contributed by atoms with Crippen molar-refractivity contribution >= 4 is 11.8 Å². The summed E-state index contributed by atoms with van der Waals surface area (Å²) in [7, 11) is 0. The SMILES string of the molecule is N#Cc1ccnc(N2CCCC[C@H]2C(=O)O)c1. The lowest BCUT2D eigenvalue weighted by Crippen LogP contribution is -2.45. The maximum absolute atomic E-state index is 11.2. The average Bonchev–Trinajstić information content (AvgIpc) is 2.39. The molecule has 2 rings (SSSR count). The van der Waals surface area contributed by atoms with Crippen LogP contribution < -0.4 is 4.90 Å². The summed E-state index contributed by atoms with van der Waals surface area (Å²) in [5.41, 5.74) is 0.504. The van der Waals surface area contributed by atoms with Gasteiger partial charge in [0.2, 0.25) is 0 Å². The summed E-state index contributed by atoms with van der Waals surface area (Å²) in [5, 5.41) is 18.0. The molecule has 1 atom stereocenters. The van der Waals surface area contributed by atoms with E-state index in [1.54, 1.807) is 23.2 Å². The second-order valence-corrected chi connectivity index (χ2v) is 4.06. The van der Waals surface area contributed by atoms with Crippen molar-refractivity contribution in [1.29, 1.82) is 5.26 Å². The van der Waals surface area contributed by atoms with Crippen molar-refractivity contribution in [2.45, 2.75) is 25.3 Å². The standard InChI is InChI=1S/C12H13N3O2/c13-8-9-4-5-14-11(7-9)15-6-2-1-3-10(15)12(16)17/h4-5,7,10H,1-3,6H2,(H,16,17)/t10-/m0/s1. The van der Waals surface area contributed by atoms with Gasteiger partial charge in [-0.1, -0.05) is 0 Å². The topological polar surface area (TPSA) is 77.2 Å². The molecule has 1 aromatic rings. The number of nitriles is 1. The zero-order valence-corrected chi connectivity index (χ0v) is 9.33. The van der Waals surface area contributed by atoms with E-state index >= 15 is 0 Å². The van der Waals surface area contributed by atoms with Crippen LogP contribution in [0.4, 0.5) is 5.82 Å². The smallest absolute Gasteiger partial charge is 0.326 e. The average molecular weight is 231 g/mol. The highest BCUT2D eigenvalue weighted by molar-refractivity contribution is 5.78. The Morgan fingerprint density at radius 1 is 1.59 bits per heavy atom. The number of aliphatic carboxylic acids is 1. The van der Waals surface area contributed by atoms with Gasteiger partial charge in [-0.05, 0) is 31.4 Å². The molecular weight excluding hydrogens is 218 g/mol. The van der Waals surface area contributed by atoms with Crippen LogP contribution in [-0.4, -0.2) is 28.6 Å². The maximum atomic E-state index is 11.2. The number of carboxylic acid groups (broad SMARTS) is 1. The third-order valence-corrected chi connectivity index (χ3v) is 2.96. The van der Waals surface area contributed by atoms with Crippen LogP contribution in [0.3, 0.4) is 0 Å². The molecule has 0 aliphatic carbocycles. The monoisotopic (exact) mass is 231 g/mol. The van der Waals surface area contributed by atoms with Crippen LogP contribution in [0.5, 0.6) is 0 Å². The van der Waals surface area contributed by atoms with Crippen LogP contribution in [0.15, 0.2) is 18.3 Å². The lowest BCUT2D eigenvalue weighted by atomic mass is 10.0. The van der Waals surface area contributed by atoms with Gasteiger partial charge in [-0.3, -0.25) is 0 Å². The molecule has 1 aromatic heterocycles. The number of hydrogen-bond donors (Lipinski definition) is 1. The molecule has 1 aliphatic rings. The van der Waals surface area contributed by atoms with Gasteiger partial charge in [0.05, 0.1) is 11.6 Å². The number of hydrogen-bond acceptors (Lipinski definition) is 4. The fraction of sp³-hybridized carbons (Fsp3) is 0.417. The first-order chi connectivity index (χ1) is 8.22. The molecule has 0 aromatic carbocycles. The van der Waals surface area contributed by atoms with Crippen molar-refractivity contribution in [3.05, 3.63) is 23.9 Å². The summed E-state index contributed by atoms with van der Waals surface area (Å²) in [6, 6.07) is 4.77. The van der Waals surface area contributed by atoms with Crippen molar-refractivity contribution in [2.75, 3.05) is 11.4 Å². The van der Waals surface area contributed by atoms with Gasteiger partial charge < -0.3 is 10.0 Å². The Labute approximate surface area is 99.3 Å². The molecule has 5 nitrogen and oxygen atoms in total. The number of nitrogens with zero attached hydrogens (tertiary/aromatic N) is 3. The third kappa shape index (κ3) is 2.36. The minimum atomic E-state index is -0.825. The molecule has 1 N–H and O–H groups in total. The highest BCUT2D eigenvalue weighted by atomic mass is 16.4. The Bertz CT molecular complexity index is 467. The molecule has 1 saturated heterocycles. The van der Waals surface area contributed by atoms with Gasteiger partial charge in [-0.25, -0.2) is 9.78 Å². The molecule has 1 fully saturated rings. The van der Waals surface area contributed by atoms with E-state index in [1.807, 2.05) is 6.07 Å². The minimum Gasteiger partial charge on any atom is -0.480 e. The molecule has 5 heteroatoms. The highest BCUT2D eigenvalue weighted by Crippen LogP contribution is 2.23. The van der Waals surface area contributed by atoms with Crippen LogP contribution in [-0.2, 0) is 4.79 Å². The number of carbonyl (C=O) groups is 1. The first kappa shape index (κ1) is 11.4. The maximum Gasteiger partial charge on any atom is 0.326 e. The second kappa shape index (κ2) is 4.83. The van der Waals surface area contributed by atoms with Crippen molar-refractivity contribution in [1.82, 2.24) is 4.98 Å². The van der Waals surface area contributed by atoms with E-state index in [2.05, 4.69) is 4.98 Å². The van der Waals surface area contributed by atoms with Gasteiger partial charge in [0, 0.05) is 12.7 Å². The molecule has 0 saturated carbocycles. The Kier molecular flexibility index (Phi) is 3.24. The van der Waals surface area contributed by atoms with Crippen LogP contribution in [0.2, 0.25) is 0 Å². The largest absolute Gasteiger partial charge is 0.480 e. The van der Waals surface area contributed by atoms with Crippen LogP contribution in [0.1, 0.15) is 24.8 Å². The van der Waals surface area contributed by atoms with Gasteiger partial charge in [0.15, 0.2) is 0 Å². The van der Waals surface area contributed by atoms with E-state index in [1.165, 1.54) is 0 Å². The number of aromatic nitrogens is 1. The van der Waals surface area contributed by atoms with Crippen molar-refractivity contribution in [3.63, 3.8) is 0 Å². The molecule has 0 amide bonds. The number of carboxylic acids is 1. The van der Waals surface area contributed by atoms with E-state index in [4.69, 9.17) is 10.4 Å². The molecule has 0 spiro atoms. The van der Waals surface area contributed by atoms with Gasteiger partial charge in [0.25, 0.3) is 0 Å². The first-order valence-electron chi connectivity index (χ1n) is 5.58. The Hall–Kier alpha value is -2.09. The Morgan fingerprint density at radius 2 is 2.41 bits per heavy atom. The highest BCUT2D eigenvalue weighted by Gasteiger charge is 2.29. The van der Waals surface area contributed by atoms with E-state index in [0.29, 0.717) is 24.3 Å². The fourth-order valence-electron chi connectivity index (χ4n) is 2.11. The van der Waals surface area contributed by atoms with Gasteiger partial charge in [0.1, 0.15) is 11.9 Å². The van der Waals surface area contributed by atoms with E-state index in [-0.39, 0.29) is 0 Å². The summed E-state index contributed by atoms with van der Waals surface area (Å²) in [6.45, 7) is 0.679. The van der Waals surface area contributed by atoms with Crippen LogP contribution in [0, 0.1) is 11.3 Å². The van der Waals surface area contributed by atoms with Crippen molar-refractivity contribution in [2.24, 2.45) is 0 Å². The molecule has 88 valence electrons. The van der Waals surface area contributed by atoms with Crippen molar-refractivity contribution in [3.8, 4) is 6.07 Å². The fourth-order valence-corrected chi connectivity index (χ4v) is 2.11. The lowest BCUT2D eigenvalue weighted by Gasteiger charge is -2.33. The molecule has 2 heterocycles. The third-order valence-electron chi connectivity index (χ3n) is 2.96. The number of rotatable bonds is 2. The number of anilines is 1. The molecule has 1 aliphatic heterocycles. The molecule has 0 unspecified atom stereocenters. The zero-order valence-electron chi connectivity index (χ0n) is 9.33. The molecule has 0 bridgehead atoms. The second-order valence-electron chi connectivity index (χ2n) is 4.06. The minimum absolute atomic E-state index is 0.504. The Balaban J connectivity index is 2.29. The normalized spacial score (nSPS) is 19.7. The van der Waals surface area contributed by atoms with E-state index < -0.39 is 12.0 Å². The lowest BCUT2D eigenvalue weighted by molar-refractivity contribution is -0.139. The summed E-state index contributed by atoms with van der Waals surface area (Å²) in [6.07, 6.45) is 4.06. The summed E-state index contributed by atoms with van der Waals surface area (Å²) in [4.78, 5) is 17.1. The molecule has 0 radical (unpaired) electrons. The first-order valence-corrected chi connectivity index (χ1v) is 5.58. The zero-order chi connectivity index (χ0) is 12.3. The predicted molar refractivity (Wildman–Crippen MR) is 61.6 cm³/mol.